The van der Waals surface area contributed by atoms with Gasteiger partial charge in [0.15, 0.2) is 5.82 Å². The maximum Gasteiger partial charge on any atom is 0.300 e. The Morgan fingerprint density at radius 3 is 2.78 bits per heavy atom. The molecule has 1 aromatic carbocycles. The maximum atomic E-state index is 13.1. The minimum Gasteiger partial charge on any atom is -0.353 e. The summed E-state index contributed by atoms with van der Waals surface area (Å²) in [6.45, 7) is 2.76. The summed E-state index contributed by atoms with van der Waals surface area (Å²) in [7, 11) is 1.69. The highest BCUT2D eigenvalue weighted by atomic mass is 19.3. The Morgan fingerprint density at radius 2 is 2.06 bits per heavy atom. The normalized spacial score (nSPS) is 15.8. The highest BCUT2D eigenvalue weighted by Crippen LogP contribution is 2.28. The number of nitrogens with zero attached hydrogens (tertiary/aromatic N) is 6. The van der Waals surface area contributed by atoms with Crippen LogP contribution < -0.4 is 5.32 Å². The number of benzene rings is 1. The molecule has 1 saturated heterocycles. The molecular formula is C24H25F2N7O3. The maximum absolute atomic E-state index is 13.1. The van der Waals surface area contributed by atoms with Crippen LogP contribution in [0.3, 0.4) is 0 Å². The number of carbonyl (C=O) groups excluding carboxylic acids is 1. The first-order valence-corrected chi connectivity index (χ1v) is 11.4. The molecule has 0 radical (unpaired) electrons. The summed E-state index contributed by atoms with van der Waals surface area (Å²) in [5.41, 5.74) is 2.70. The lowest BCUT2D eigenvalue weighted by Crippen LogP contribution is -2.42. The second-order valence-electron chi connectivity index (χ2n) is 8.90. The van der Waals surface area contributed by atoms with E-state index < -0.39 is 18.1 Å². The van der Waals surface area contributed by atoms with E-state index in [1.165, 1.54) is 6.20 Å². The zero-order chi connectivity index (χ0) is 25.6. The van der Waals surface area contributed by atoms with Gasteiger partial charge in [-0.05, 0) is 31.5 Å². The van der Waals surface area contributed by atoms with Crippen molar-refractivity contribution in [2.75, 3.05) is 11.9 Å². The first-order chi connectivity index (χ1) is 17.1. The van der Waals surface area contributed by atoms with Crippen molar-refractivity contribution in [1.29, 1.82) is 0 Å². The van der Waals surface area contributed by atoms with E-state index in [9.17, 15) is 23.8 Å². The van der Waals surface area contributed by atoms with E-state index in [0.29, 0.717) is 48.3 Å². The van der Waals surface area contributed by atoms with Crippen LogP contribution in [0.5, 0.6) is 0 Å². The van der Waals surface area contributed by atoms with Gasteiger partial charge in [-0.3, -0.25) is 4.79 Å². The molecule has 0 amide bonds. The third kappa shape index (κ3) is 4.45. The van der Waals surface area contributed by atoms with E-state index in [1.807, 2.05) is 6.92 Å². The molecule has 5 rings (SSSR count). The number of aryl methyl sites for hydroxylation is 2. The number of nitrogens with one attached hydrogen (secondary N) is 1. The number of alkyl halides is 2. The number of Topliss-reactive ketones (excluding diaryl/α,β-unsaturated/α-hetero) is 1. The van der Waals surface area contributed by atoms with Gasteiger partial charge >= 0.3 is 6.43 Å². The number of likely N-dealkylation sites (tertiary alicyclic amines) is 1. The summed E-state index contributed by atoms with van der Waals surface area (Å²) in [4.78, 5) is 22.3. The molecule has 0 aliphatic carbocycles. The number of carbonyl (C=O) groups is 1. The summed E-state index contributed by atoms with van der Waals surface area (Å²) in [5, 5.41) is 28.2. The van der Waals surface area contributed by atoms with Gasteiger partial charge in [0.2, 0.25) is 17.6 Å². The van der Waals surface area contributed by atoms with Gasteiger partial charge < -0.3 is 20.1 Å². The van der Waals surface area contributed by atoms with E-state index >= 15 is 0 Å². The Balaban J connectivity index is 1.39. The fourth-order valence-corrected chi connectivity index (χ4v) is 4.47. The molecule has 4 aromatic rings. The molecule has 3 N–H and O–H groups in total. The van der Waals surface area contributed by atoms with Gasteiger partial charge in [-0.25, -0.2) is 23.3 Å². The smallest absolute Gasteiger partial charge is 0.300 e. The first kappa shape index (κ1) is 24.0. The van der Waals surface area contributed by atoms with Gasteiger partial charge in [0.25, 0.3) is 0 Å². The summed E-state index contributed by atoms with van der Waals surface area (Å²) in [6.07, 6.45) is 2.65. The Hall–Kier alpha value is -3.74. The fraction of sp³-hybridized carbons (Fsp3) is 0.333. The second-order valence-corrected chi connectivity index (χ2v) is 8.90. The van der Waals surface area contributed by atoms with Crippen molar-refractivity contribution in [3.05, 3.63) is 59.7 Å². The number of aliphatic hydroxyl groups is 2. The number of hydrogen-bond acceptors (Lipinski definition) is 8. The Kier molecular flexibility index (Phi) is 6.02. The number of hydrogen-bond donors (Lipinski definition) is 3. The first-order valence-electron chi connectivity index (χ1n) is 11.4. The molecule has 1 aliphatic rings. The summed E-state index contributed by atoms with van der Waals surface area (Å²) in [6, 6.07) is 6.77. The predicted molar refractivity (Wildman–Crippen MR) is 127 cm³/mol. The number of rotatable bonds is 7. The van der Waals surface area contributed by atoms with Crippen LogP contribution in [0, 0.1) is 6.92 Å². The van der Waals surface area contributed by atoms with Crippen LogP contribution in [-0.4, -0.2) is 64.1 Å². The van der Waals surface area contributed by atoms with Crippen molar-refractivity contribution in [3.63, 3.8) is 0 Å². The quantitative estimate of drug-likeness (QED) is 0.263. The van der Waals surface area contributed by atoms with Gasteiger partial charge in [0.05, 0.1) is 5.69 Å². The molecular weight excluding hydrogens is 472 g/mol. The minimum absolute atomic E-state index is 0.0480. The molecule has 0 unspecified atom stereocenters. The summed E-state index contributed by atoms with van der Waals surface area (Å²) >= 11 is 0. The lowest BCUT2D eigenvalue weighted by Gasteiger charge is -2.27. The van der Waals surface area contributed by atoms with E-state index in [-0.39, 0.29) is 11.5 Å². The number of anilines is 2. The molecule has 188 valence electrons. The van der Waals surface area contributed by atoms with Crippen molar-refractivity contribution in [3.8, 4) is 5.82 Å². The molecule has 1 fully saturated rings. The highest BCUT2D eigenvalue weighted by Gasteiger charge is 2.37. The molecule has 3 aromatic heterocycles. The zero-order valence-electron chi connectivity index (χ0n) is 19.7. The van der Waals surface area contributed by atoms with Crippen molar-refractivity contribution in [2.45, 2.75) is 38.6 Å². The summed E-state index contributed by atoms with van der Waals surface area (Å²) < 4.78 is 29.3. The fourth-order valence-electron chi connectivity index (χ4n) is 4.47. The number of fused-ring (bicyclic) bond motifs is 1. The molecule has 1 aliphatic heterocycles. The minimum atomic E-state index is -3.09. The molecule has 0 atom stereocenters. The van der Waals surface area contributed by atoms with Crippen LogP contribution in [0.15, 0.2) is 42.9 Å². The number of halogens is 2. The van der Waals surface area contributed by atoms with Gasteiger partial charge in [-0.1, -0.05) is 0 Å². The van der Waals surface area contributed by atoms with Crippen LogP contribution >= 0.6 is 0 Å². The van der Waals surface area contributed by atoms with Crippen LogP contribution in [0.4, 0.5) is 20.4 Å². The lowest BCUT2D eigenvalue weighted by molar-refractivity contribution is -0.247. The molecule has 0 spiro atoms. The van der Waals surface area contributed by atoms with Crippen molar-refractivity contribution in [2.24, 2.45) is 7.05 Å². The summed E-state index contributed by atoms with van der Waals surface area (Å²) in [5.74, 6) is -2.31. The predicted octanol–water partition coefficient (Wildman–Crippen LogP) is 2.89. The van der Waals surface area contributed by atoms with Crippen LogP contribution in [0.25, 0.3) is 16.7 Å². The lowest BCUT2D eigenvalue weighted by atomic mass is 10.1. The van der Waals surface area contributed by atoms with Crippen molar-refractivity contribution < 1.29 is 23.8 Å². The second kappa shape index (κ2) is 9.04. The van der Waals surface area contributed by atoms with Crippen molar-refractivity contribution >= 4 is 28.3 Å². The van der Waals surface area contributed by atoms with Crippen LogP contribution in [-0.2, 0) is 13.6 Å². The van der Waals surface area contributed by atoms with E-state index in [1.54, 1.807) is 57.9 Å². The SMILES string of the molecule is Cc1nn(-c2ccnc(Nc3ccc4c(c3)c(C(=O)C(F)F)cn4C)n2)cc1CN1CCCC1(O)O. The largest absolute Gasteiger partial charge is 0.353 e. The third-order valence-corrected chi connectivity index (χ3v) is 6.39. The van der Waals surface area contributed by atoms with E-state index in [2.05, 4.69) is 20.4 Å². The van der Waals surface area contributed by atoms with E-state index in [4.69, 9.17) is 0 Å². The standard InChI is InChI=1S/C24H25F2N7O3/c1-14-15(11-32-9-3-7-24(32,35)36)12-33(30-14)20-6-8-27-23(29-20)28-16-4-5-19-17(10-16)18(13-31(19)2)21(34)22(25)26/h4-6,8,10,12-13,22,35-36H,3,7,9,11H2,1-2H3,(H,27,28,29). The topological polar surface area (TPSA) is 121 Å². The number of aromatic nitrogens is 5. The Bertz CT molecular complexity index is 1450. The Labute approximate surface area is 204 Å². The average molecular weight is 498 g/mol. The number of ketones is 1. The molecule has 36 heavy (non-hydrogen) atoms. The highest BCUT2D eigenvalue weighted by molar-refractivity contribution is 6.10. The van der Waals surface area contributed by atoms with Gasteiger partial charge in [-0.2, -0.15) is 10.1 Å². The zero-order valence-corrected chi connectivity index (χ0v) is 19.7. The van der Waals surface area contributed by atoms with Crippen LogP contribution in [0.1, 0.15) is 34.5 Å². The van der Waals surface area contributed by atoms with Crippen molar-refractivity contribution in [1.82, 2.24) is 29.2 Å². The van der Waals surface area contributed by atoms with Gasteiger partial charge in [0, 0.05) is 78.9 Å². The van der Waals surface area contributed by atoms with Crippen LogP contribution in [0.2, 0.25) is 0 Å². The van der Waals surface area contributed by atoms with Gasteiger partial charge in [-0.15, -0.1) is 0 Å². The molecule has 10 nitrogen and oxygen atoms in total. The van der Waals surface area contributed by atoms with Gasteiger partial charge in [0.1, 0.15) is 0 Å². The molecule has 0 saturated carbocycles. The average Bonchev–Trinajstić information content (AvgIpc) is 3.48. The molecule has 0 bridgehead atoms. The van der Waals surface area contributed by atoms with E-state index in [0.717, 1.165) is 11.3 Å². The molecule has 4 heterocycles. The molecule has 12 heteroatoms. The third-order valence-electron chi connectivity index (χ3n) is 6.39. The monoisotopic (exact) mass is 497 g/mol. The Morgan fingerprint density at radius 1 is 1.25 bits per heavy atom.